The number of halogens is 1. The molecule has 0 aliphatic carbocycles. The van der Waals surface area contributed by atoms with Gasteiger partial charge in [0.05, 0.1) is 16.8 Å². The first-order valence-electron chi connectivity index (χ1n) is 9.57. The number of aromatic hydroxyl groups is 1. The molecule has 2 aromatic carbocycles. The number of phenols is 1. The van der Waals surface area contributed by atoms with Gasteiger partial charge in [0.2, 0.25) is 0 Å². The molecule has 0 saturated heterocycles. The Labute approximate surface area is 183 Å². The first kappa shape index (κ1) is 21.3. The second-order valence-electron chi connectivity index (χ2n) is 7.14. The Morgan fingerprint density at radius 2 is 1.88 bits per heavy atom. The van der Waals surface area contributed by atoms with Gasteiger partial charge in [0.25, 0.3) is 15.6 Å². The number of aromatic nitrogens is 3. The molecule has 0 radical (unpaired) electrons. The van der Waals surface area contributed by atoms with E-state index in [9.17, 15) is 22.7 Å². The maximum atomic E-state index is 13.2. The molecule has 0 aliphatic heterocycles. The molecule has 0 amide bonds. The number of aromatic amines is 1. The standard InChI is InChI=1S/C22H19FN4O4S/c1-14-18(11-15-5-3-2-4-6-15)22(29)27(25-14)21-10-7-16(13-24-21)26-32(30,31)17-8-9-19(23)20(28)12-17/h2-10,12-13,25-26,28H,11H2,1H3. The van der Waals surface area contributed by atoms with E-state index in [1.165, 1.54) is 23.0 Å². The lowest BCUT2D eigenvalue weighted by atomic mass is 10.1. The lowest BCUT2D eigenvalue weighted by Crippen LogP contribution is -2.19. The Bertz CT molecular complexity index is 1430. The zero-order valence-corrected chi connectivity index (χ0v) is 17.7. The summed E-state index contributed by atoms with van der Waals surface area (Å²) >= 11 is 0. The van der Waals surface area contributed by atoms with Crippen LogP contribution in [0, 0.1) is 12.7 Å². The number of benzene rings is 2. The van der Waals surface area contributed by atoms with E-state index in [0.29, 0.717) is 23.5 Å². The molecule has 2 aromatic heterocycles. The van der Waals surface area contributed by atoms with Gasteiger partial charge < -0.3 is 5.11 Å². The second kappa shape index (κ2) is 8.31. The fraction of sp³-hybridized carbons (Fsp3) is 0.0909. The van der Waals surface area contributed by atoms with Gasteiger partial charge in [0.1, 0.15) is 0 Å². The molecule has 3 N–H and O–H groups in total. The molecule has 32 heavy (non-hydrogen) atoms. The number of aryl methyl sites for hydroxylation is 1. The van der Waals surface area contributed by atoms with Crippen molar-refractivity contribution in [2.45, 2.75) is 18.2 Å². The number of hydrogen-bond acceptors (Lipinski definition) is 5. The largest absolute Gasteiger partial charge is 0.505 e. The number of H-pyrrole nitrogens is 1. The molecule has 2 heterocycles. The van der Waals surface area contributed by atoms with Gasteiger partial charge in [-0.1, -0.05) is 30.3 Å². The minimum atomic E-state index is -4.07. The Kier molecular flexibility index (Phi) is 5.54. The van der Waals surface area contributed by atoms with Crippen LogP contribution in [-0.2, 0) is 16.4 Å². The number of nitrogens with zero attached hydrogens (tertiary/aromatic N) is 2. The normalized spacial score (nSPS) is 11.4. The number of pyridine rings is 1. The first-order valence-corrected chi connectivity index (χ1v) is 11.0. The topological polar surface area (TPSA) is 117 Å². The van der Waals surface area contributed by atoms with Crippen LogP contribution < -0.4 is 10.3 Å². The van der Waals surface area contributed by atoms with Gasteiger partial charge in [-0.25, -0.2) is 22.5 Å². The van der Waals surface area contributed by atoms with E-state index in [1.807, 2.05) is 30.3 Å². The molecule has 4 aromatic rings. The SMILES string of the molecule is Cc1[nH]n(-c2ccc(NS(=O)(=O)c3ccc(F)c(O)c3)cn2)c(=O)c1Cc1ccccc1. The van der Waals surface area contributed by atoms with E-state index >= 15 is 0 Å². The van der Waals surface area contributed by atoms with Crippen LogP contribution in [0.3, 0.4) is 0 Å². The number of nitrogens with one attached hydrogen (secondary N) is 2. The summed E-state index contributed by atoms with van der Waals surface area (Å²) in [4.78, 5) is 16.8. The van der Waals surface area contributed by atoms with Crippen molar-refractivity contribution in [1.82, 2.24) is 14.8 Å². The zero-order chi connectivity index (χ0) is 22.9. The molecule has 0 spiro atoms. The van der Waals surface area contributed by atoms with Crippen molar-refractivity contribution in [2.24, 2.45) is 0 Å². The third kappa shape index (κ3) is 4.26. The minimum Gasteiger partial charge on any atom is -0.505 e. The molecule has 164 valence electrons. The van der Waals surface area contributed by atoms with E-state index in [2.05, 4.69) is 14.8 Å². The smallest absolute Gasteiger partial charge is 0.276 e. The summed E-state index contributed by atoms with van der Waals surface area (Å²) in [6, 6.07) is 15.3. The van der Waals surface area contributed by atoms with Crippen LogP contribution in [0.15, 0.2) is 76.6 Å². The van der Waals surface area contributed by atoms with Crippen LogP contribution in [-0.4, -0.2) is 28.3 Å². The van der Waals surface area contributed by atoms with Crippen molar-refractivity contribution in [3.8, 4) is 11.6 Å². The van der Waals surface area contributed by atoms with Crippen molar-refractivity contribution >= 4 is 15.7 Å². The average Bonchev–Trinajstić information content (AvgIpc) is 3.05. The summed E-state index contributed by atoms with van der Waals surface area (Å²) in [5.41, 5.74) is 2.22. The summed E-state index contributed by atoms with van der Waals surface area (Å²) in [7, 11) is -4.07. The Balaban J connectivity index is 1.57. The van der Waals surface area contributed by atoms with Crippen LogP contribution in [0.5, 0.6) is 5.75 Å². The van der Waals surface area contributed by atoms with Crippen molar-refractivity contribution < 1.29 is 17.9 Å². The van der Waals surface area contributed by atoms with Crippen molar-refractivity contribution in [3.63, 3.8) is 0 Å². The summed E-state index contributed by atoms with van der Waals surface area (Å²) in [5.74, 6) is -1.40. The van der Waals surface area contributed by atoms with Gasteiger partial charge in [-0.2, -0.15) is 0 Å². The van der Waals surface area contributed by atoms with Crippen LogP contribution in [0.4, 0.5) is 10.1 Å². The summed E-state index contributed by atoms with van der Waals surface area (Å²) in [6.07, 6.45) is 1.73. The van der Waals surface area contributed by atoms with Gasteiger partial charge in [-0.3, -0.25) is 14.6 Å². The predicted molar refractivity (Wildman–Crippen MR) is 117 cm³/mol. The number of rotatable bonds is 6. The molecule has 8 nitrogen and oxygen atoms in total. The highest BCUT2D eigenvalue weighted by Crippen LogP contribution is 2.22. The van der Waals surface area contributed by atoms with E-state index in [0.717, 1.165) is 23.8 Å². The number of sulfonamides is 1. The fourth-order valence-electron chi connectivity index (χ4n) is 3.20. The molecule has 0 fully saturated rings. The zero-order valence-electron chi connectivity index (χ0n) is 16.9. The first-order chi connectivity index (χ1) is 15.2. The molecule has 0 aliphatic rings. The average molecular weight is 454 g/mol. The second-order valence-corrected chi connectivity index (χ2v) is 8.82. The molecule has 0 bridgehead atoms. The quantitative estimate of drug-likeness (QED) is 0.414. The van der Waals surface area contributed by atoms with E-state index in [4.69, 9.17) is 0 Å². The highest BCUT2D eigenvalue weighted by molar-refractivity contribution is 7.92. The molecular weight excluding hydrogens is 435 g/mol. The molecule has 0 unspecified atom stereocenters. The van der Waals surface area contributed by atoms with Crippen LogP contribution in [0.25, 0.3) is 5.82 Å². The maximum absolute atomic E-state index is 13.2. The maximum Gasteiger partial charge on any atom is 0.276 e. The van der Waals surface area contributed by atoms with E-state index in [-0.39, 0.29) is 16.1 Å². The van der Waals surface area contributed by atoms with Gasteiger partial charge in [0.15, 0.2) is 17.4 Å². The molecule has 0 atom stereocenters. The van der Waals surface area contributed by atoms with Gasteiger partial charge in [-0.15, -0.1) is 0 Å². The summed E-state index contributed by atoms with van der Waals surface area (Å²) < 4.78 is 41.7. The fourth-order valence-corrected chi connectivity index (χ4v) is 4.27. The third-order valence-electron chi connectivity index (χ3n) is 4.87. The minimum absolute atomic E-state index is 0.137. The predicted octanol–water partition coefficient (Wildman–Crippen LogP) is 3.11. The van der Waals surface area contributed by atoms with E-state index < -0.39 is 21.6 Å². The van der Waals surface area contributed by atoms with Gasteiger partial charge >= 0.3 is 0 Å². The molecule has 10 heteroatoms. The third-order valence-corrected chi connectivity index (χ3v) is 6.25. The highest BCUT2D eigenvalue weighted by Gasteiger charge is 2.18. The monoisotopic (exact) mass is 454 g/mol. The number of hydrogen-bond donors (Lipinski definition) is 3. The number of anilines is 1. The molecule has 0 saturated carbocycles. The van der Waals surface area contributed by atoms with Crippen LogP contribution in [0.1, 0.15) is 16.8 Å². The lowest BCUT2D eigenvalue weighted by molar-refractivity contribution is 0.430. The lowest BCUT2D eigenvalue weighted by Gasteiger charge is -2.09. The van der Waals surface area contributed by atoms with Gasteiger partial charge in [0, 0.05) is 23.7 Å². The summed E-state index contributed by atoms with van der Waals surface area (Å²) in [5, 5.41) is 12.4. The van der Waals surface area contributed by atoms with Crippen molar-refractivity contribution in [3.05, 3.63) is 99.9 Å². The van der Waals surface area contributed by atoms with Gasteiger partial charge in [-0.05, 0) is 36.8 Å². The van der Waals surface area contributed by atoms with Crippen molar-refractivity contribution in [1.29, 1.82) is 0 Å². The molecular formula is C22H19FN4O4S. The number of phenolic OH excluding ortho intramolecular Hbond substituents is 1. The Morgan fingerprint density at radius 3 is 2.53 bits per heavy atom. The van der Waals surface area contributed by atoms with Crippen LogP contribution in [0.2, 0.25) is 0 Å². The van der Waals surface area contributed by atoms with E-state index in [1.54, 1.807) is 6.92 Å². The van der Waals surface area contributed by atoms with Crippen molar-refractivity contribution in [2.75, 3.05) is 4.72 Å². The summed E-state index contributed by atoms with van der Waals surface area (Å²) in [6.45, 7) is 1.80. The highest BCUT2D eigenvalue weighted by atomic mass is 32.2. The van der Waals surface area contributed by atoms with Crippen LogP contribution >= 0.6 is 0 Å². The Hall–Kier alpha value is -3.92. The Morgan fingerprint density at radius 1 is 1.12 bits per heavy atom. The molecule has 4 rings (SSSR count).